The van der Waals surface area contributed by atoms with Gasteiger partial charge < -0.3 is 15.4 Å². The molecule has 0 aromatic heterocycles. The summed E-state index contributed by atoms with van der Waals surface area (Å²) in [5.41, 5.74) is 1.89. The molecule has 0 unspecified atom stereocenters. The van der Waals surface area contributed by atoms with Crippen molar-refractivity contribution in [2.75, 3.05) is 11.9 Å². The fourth-order valence-electron chi connectivity index (χ4n) is 3.35. The number of benzene rings is 3. The average molecular weight is 470 g/mol. The number of rotatable bonds is 7. The van der Waals surface area contributed by atoms with E-state index in [9.17, 15) is 18.8 Å². The second kappa shape index (κ2) is 10.3. The Morgan fingerprint density at radius 2 is 1.77 bits per heavy atom. The molecule has 3 aromatic rings. The van der Waals surface area contributed by atoms with Crippen molar-refractivity contribution in [3.8, 4) is 11.8 Å². The van der Waals surface area contributed by atoms with E-state index in [0.717, 1.165) is 10.5 Å². The summed E-state index contributed by atoms with van der Waals surface area (Å²) >= 11 is 0. The van der Waals surface area contributed by atoms with Crippen LogP contribution in [0, 0.1) is 17.1 Å². The molecule has 0 spiro atoms. The lowest BCUT2D eigenvalue weighted by atomic mass is 10.1. The van der Waals surface area contributed by atoms with E-state index in [1.165, 1.54) is 24.3 Å². The Morgan fingerprint density at radius 1 is 1.06 bits per heavy atom. The van der Waals surface area contributed by atoms with Gasteiger partial charge in [-0.2, -0.15) is 5.26 Å². The molecule has 4 amide bonds. The minimum Gasteiger partial charge on any atom is -0.489 e. The number of carbonyl (C=O) groups is 3. The van der Waals surface area contributed by atoms with Crippen LogP contribution >= 0.6 is 0 Å². The highest BCUT2D eigenvalue weighted by Crippen LogP contribution is 2.19. The summed E-state index contributed by atoms with van der Waals surface area (Å²) in [6, 6.07) is 20.9. The van der Waals surface area contributed by atoms with Crippen molar-refractivity contribution < 1.29 is 23.5 Å². The van der Waals surface area contributed by atoms with Gasteiger partial charge in [0.2, 0.25) is 5.91 Å². The molecule has 2 N–H and O–H groups in total. The molecular weight excluding hydrogens is 451 g/mol. The fourth-order valence-corrected chi connectivity index (χ4v) is 3.35. The Kier molecular flexibility index (Phi) is 6.83. The molecule has 8 nitrogen and oxygen atoms in total. The number of nitriles is 1. The average Bonchev–Trinajstić information content (AvgIpc) is 3.12. The molecule has 9 heteroatoms. The minimum atomic E-state index is -0.749. The number of hydrogen-bond acceptors (Lipinski definition) is 5. The smallest absolute Gasteiger partial charge is 0.329 e. The molecular formula is C26H19FN4O4. The van der Waals surface area contributed by atoms with Gasteiger partial charge in [-0.1, -0.05) is 42.5 Å². The molecule has 0 bridgehead atoms. The van der Waals surface area contributed by atoms with E-state index in [1.54, 1.807) is 42.5 Å². The Morgan fingerprint density at radius 3 is 2.51 bits per heavy atom. The first-order valence-electron chi connectivity index (χ1n) is 10.5. The quantitative estimate of drug-likeness (QED) is 0.403. The third-order valence-electron chi connectivity index (χ3n) is 5.14. The van der Waals surface area contributed by atoms with E-state index in [1.807, 2.05) is 12.1 Å². The Balaban J connectivity index is 1.37. The van der Waals surface area contributed by atoms with Gasteiger partial charge in [0, 0.05) is 5.56 Å². The monoisotopic (exact) mass is 470 g/mol. The number of amides is 4. The van der Waals surface area contributed by atoms with Gasteiger partial charge in [-0.25, -0.2) is 14.1 Å². The SMILES string of the molecule is N#Cc1ccccc1COc1ccc(/C=C2/NC(=O)N(CC(=O)Nc3ccccc3F)C2=O)cc1. The summed E-state index contributed by atoms with van der Waals surface area (Å²) in [7, 11) is 0. The molecule has 0 radical (unpaired) electrons. The summed E-state index contributed by atoms with van der Waals surface area (Å²) in [5.74, 6) is -1.44. The Bertz CT molecular complexity index is 1360. The third kappa shape index (κ3) is 5.51. The standard InChI is InChI=1S/C26H19FN4O4/c27-21-7-3-4-8-22(21)29-24(32)15-31-25(33)23(30-26(31)34)13-17-9-11-20(12-10-17)35-16-19-6-2-1-5-18(19)14-28/h1-13H,15-16H2,(H,29,32)(H,30,34)/b23-13+. The van der Waals surface area contributed by atoms with Gasteiger partial charge in [0.15, 0.2) is 0 Å². The van der Waals surface area contributed by atoms with E-state index in [-0.39, 0.29) is 18.0 Å². The zero-order chi connectivity index (χ0) is 24.8. The zero-order valence-electron chi connectivity index (χ0n) is 18.3. The van der Waals surface area contributed by atoms with Gasteiger partial charge in [0.05, 0.1) is 17.3 Å². The highest BCUT2D eigenvalue weighted by molar-refractivity contribution is 6.15. The van der Waals surface area contributed by atoms with Crippen LogP contribution in [0.1, 0.15) is 16.7 Å². The first kappa shape index (κ1) is 23.2. The number of carbonyl (C=O) groups excluding carboxylic acids is 3. The molecule has 1 heterocycles. The number of halogens is 1. The van der Waals surface area contributed by atoms with E-state index >= 15 is 0 Å². The third-order valence-corrected chi connectivity index (χ3v) is 5.14. The van der Waals surface area contributed by atoms with Gasteiger partial charge in [0.25, 0.3) is 5.91 Å². The lowest BCUT2D eigenvalue weighted by Gasteiger charge is -2.12. The van der Waals surface area contributed by atoms with Crippen LogP contribution in [0.15, 0.2) is 78.5 Å². The lowest BCUT2D eigenvalue weighted by molar-refractivity contribution is -0.127. The summed E-state index contributed by atoms with van der Waals surface area (Å²) < 4.78 is 19.4. The van der Waals surface area contributed by atoms with Crippen LogP contribution in [-0.2, 0) is 16.2 Å². The number of nitrogens with one attached hydrogen (secondary N) is 2. The second-order valence-electron chi connectivity index (χ2n) is 7.53. The first-order chi connectivity index (χ1) is 16.9. The highest BCUT2D eigenvalue weighted by atomic mass is 19.1. The lowest BCUT2D eigenvalue weighted by Crippen LogP contribution is -2.38. The molecule has 1 aliphatic heterocycles. The second-order valence-corrected chi connectivity index (χ2v) is 7.53. The molecule has 4 rings (SSSR count). The van der Waals surface area contributed by atoms with E-state index in [2.05, 4.69) is 16.7 Å². The van der Waals surface area contributed by atoms with E-state index in [0.29, 0.717) is 16.9 Å². The highest BCUT2D eigenvalue weighted by Gasteiger charge is 2.35. The number of anilines is 1. The Hall–Kier alpha value is -4.97. The molecule has 1 fully saturated rings. The van der Waals surface area contributed by atoms with Gasteiger partial charge in [0.1, 0.15) is 30.4 Å². The van der Waals surface area contributed by atoms with Crippen molar-refractivity contribution in [3.63, 3.8) is 0 Å². The van der Waals surface area contributed by atoms with Crippen LogP contribution in [-0.4, -0.2) is 29.3 Å². The van der Waals surface area contributed by atoms with Crippen LogP contribution in [0.2, 0.25) is 0 Å². The minimum absolute atomic E-state index is 0.00491. The molecule has 3 aromatic carbocycles. The zero-order valence-corrected chi connectivity index (χ0v) is 18.3. The van der Waals surface area contributed by atoms with Crippen LogP contribution < -0.4 is 15.4 Å². The van der Waals surface area contributed by atoms with Crippen molar-refractivity contribution in [1.82, 2.24) is 10.2 Å². The fraction of sp³-hybridized carbons (Fsp3) is 0.0769. The maximum absolute atomic E-state index is 13.7. The largest absolute Gasteiger partial charge is 0.489 e. The summed E-state index contributed by atoms with van der Waals surface area (Å²) in [5, 5.41) is 13.9. The van der Waals surface area contributed by atoms with Gasteiger partial charge in [-0.3, -0.25) is 9.59 Å². The maximum Gasteiger partial charge on any atom is 0.329 e. The van der Waals surface area contributed by atoms with Crippen molar-refractivity contribution in [1.29, 1.82) is 5.26 Å². The molecule has 0 aliphatic carbocycles. The normalized spacial score (nSPS) is 13.9. The maximum atomic E-state index is 13.7. The van der Waals surface area contributed by atoms with Gasteiger partial charge in [-0.15, -0.1) is 0 Å². The summed E-state index contributed by atoms with van der Waals surface area (Å²) in [6.07, 6.45) is 1.48. The van der Waals surface area contributed by atoms with E-state index < -0.39 is 30.2 Å². The molecule has 1 aliphatic rings. The van der Waals surface area contributed by atoms with Crippen molar-refractivity contribution in [3.05, 3.63) is 101 Å². The molecule has 0 atom stereocenters. The number of hydrogen-bond donors (Lipinski definition) is 2. The molecule has 35 heavy (non-hydrogen) atoms. The van der Waals surface area contributed by atoms with Crippen molar-refractivity contribution in [2.24, 2.45) is 0 Å². The predicted molar refractivity (Wildman–Crippen MR) is 125 cm³/mol. The van der Waals surface area contributed by atoms with Crippen LogP contribution in [0.5, 0.6) is 5.75 Å². The van der Waals surface area contributed by atoms with Crippen LogP contribution in [0.4, 0.5) is 14.9 Å². The number of nitrogens with zero attached hydrogens (tertiary/aromatic N) is 2. The topological polar surface area (TPSA) is 112 Å². The number of para-hydroxylation sites is 1. The van der Waals surface area contributed by atoms with Crippen LogP contribution in [0.25, 0.3) is 6.08 Å². The number of imide groups is 1. The molecule has 0 saturated carbocycles. The van der Waals surface area contributed by atoms with Crippen LogP contribution in [0.3, 0.4) is 0 Å². The number of urea groups is 1. The summed E-state index contributed by atoms with van der Waals surface area (Å²) in [4.78, 5) is 37.8. The van der Waals surface area contributed by atoms with Crippen molar-refractivity contribution in [2.45, 2.75) is 6.61 Å². The molecule has 174 valence electrons. The first-order valence-corrected chi connectivity index (χ1v) is 10.5. The van der Waals surface area contributed by atoms with Gasteiger partial charge >= 0.3 is 6.03 Å². The van der Waals surface area contributed by atoms with Crippen molar-refractivity contribution >= 4 is 29.6 Å². The predicted octanol–water partition coefficient (Wildman–Crippen LogP) is 3.81. The Labute approximate surface area is 200 Å². The van der Waals surface area contributed by atoms with E-state index in [4.69, 9.17) is 10.00 Å². The summed E-state index contributed by atoms with van der Waals surface area (Å²) in [6.45, 7) is -0.337. The number of ether oxygens (including phenoxy) is 1. The molecule has 1 saturated heterocycles. The van der Waals surface area contributed by atoms with Gasteiger partial charge in [-0.05, 0) is 42.0 Å².